The zero-order chi connectivity index (χ0) is 26.9. The molecule has 0 fully saturated rings. The van der Waals surface area contributed by atoms with Gasteiger partial charge in [-0.3, -0.25) is 0 Å². The van der Waals surface area contributed by atoms with Crippen LogP contribution in [0.3, 0.4) is 0 Å². The average molecular weight is 523 g/mol. The van der Waals surface area contributed by atoms with E-state index >= 15 is 0 Å². The molecular weight excluding hydrogens is 467 g/mol. The maximum absolute atomic E-state index is 6.76. The fraction of sp³-hybridized carbons (Fsp3) is 0.806. The zero-order valence-corrected chi connectivity index (χ0v) is 26.0. The molecule has 3 unspecified atom stereocenters. The first-order chi connectivity index (χ1) is 17.0. The molecular formula is C31H55O4P. The molecule has 0 spiro atoms. The molecule has 0 radical (unpaired) electrons. The van der Waals surface area contributed by atoms with Crippen molar-refractivity contribution in [2.24, 2.45) is 17.8 Å². The standard InChI is InChI=1S/C31H55O4P/c1-22(2)14-11-15-23(3)16-12-17-24(4)18-13-20-31(8)21-19-28-27(7)29(35-36(32-9)33-10)25(5)26(6)30(28)34-31/h22-24H,11-21H2,1-10H3. The van der Waals surface area contributed by atoms with Crippen LogP contribution in [0.25, 0.3) is 0 Å². The molecule has 4 nitrogen and oxygen atoms in total. The van der Waals surface area contributed by atoms with Crippen molar-refractivity contribution in [2.75, 3.05) is 14.2 Å². The monoisotopic (exact) mass is 522 g/mol. The van der Waals surface area contributed by atoms with E-state index in [9.17, 15) is 0 Å². The molecule has 1 aromatic carbocycles. The molecule has 1 aromatic rings. The van der Waals surface area contributed by atoms with E-state index in [4.69, 9.17) is 18.3 Å². The van der Waals surface area contributed by atoms with Crippen LogP contribution in [-0.2, 0) is 15.5 Å². The Morgan fingerprint density at radius 3 is 1.92 bits per heavy atom. The SMILES string of the molecule is COP(OC)Oc1c(C)c(C)c2c(c1C)CCC(C)(CCCC(C)CCCC(C)CCCC(C)C)O2. The molecule has 208 valence electrons. The van der Waals surface area contributed by atoms with Gasteiger partial charge in [0.05, 0.1) is 0 Å². The predicted molar refractivity (Wildman–Crippen MR) is 154 cm³/mol. The Morgan fingerprint density at radius 2 is 1.36 bits per heavy atom. The summed E-state index contributed by atoms with van der Waals surface area (Å²) in [6.45, 7) is 18.3. The van der Waals surface area contributed by atoms with Crippen molar-refractivity contribution in [3.05, 3.63) is 22.3 Å². The molecule has 1 aliphatic rings. The smallest absolute Gasteiger partial charge is 0.396 e. The van der Waals surface area contributed by atoms with Crippen molar-refractivity contribution >= 4 is 8.60 Å². The van der Waals surface area contributed by atoms with Crippen molar-refractivity contribution < 1.29 is 18.3 Å². The Balaban J connectivity index is 1.86. The summed E-state index contributed by atoms with van der Waals surface area (Å²) in [5.41, 5.74) is 4.64. The Bertz CT molecular complexity index is 805. The molecule has 0 amide bonds. The highest BCUT2D eigenvalue weighted by molar-refractivity contribution is 7.42. The number of rotatable bonds is 16. The lowest BCUT2D eigenvalue weighted by atomic mass is 9.84. The third-order valence-electron chi connectivity index (χ3n) is 8.30. The molecule has 1 aliphatic heterocycles. The summed E-state index contributed by atoms with van der Waals surface area (Å²) in [7, 11) is 1.86. The largest absolute Gasteiger partial charge is 0.487 e. The first kappa shape index (κ1) is 31.4. The Labute approximate surface area is 224 Å². The van der Waals surface area contributed by atoms with Crippen LogP contribution in [0.2, 0.25) is 0 Å². The Morgan fingerprint density at radius 1 is 0.806 bits per heavy atom. The van der Waals surface area contributed by atoms with E-state index in [2.05, 4.69) is 55.4 Å². The fourth-order valence-electron chi connectivity index (χ4n) is 5.62. The van der Waals surface area contributed by atoms with E-state index in [1.54, 1.807) is 14.2 Å². The van der Waals surface area contributed by atoms with Crippen LogP contribution in [0.1, 0.15) is 121 Å². The minimum Gasteiger partial charge on any atom is -0.487 e. The normalized spacial score (nSPS) is 19.3. The average Bonchev–Trinajstić information content (AvgIpc) is 2.82. The summed E-state index contributed by atoms with van der Waals surface area (Å²) in [5.74, 6) is 4.48. The van der Waals surface area contributed by atoms with Gasteiger partial charge in [0.15, 0.2) is 0 Å². The van der Waals surface area contributed by atoms with Gasteiger partial charge in [-0.2, -0.15) is 0 Å². The fourth-order valence-corrected chi connectivity index (χ4v) is 6.34. The summed E-state index contributed by atoms with van der Waals surface area (Å²) in [6, 6.07) is 0. The van der Waals surface area contributed by atoms with Crippen molar-refractivity contribution in [2.45, 2.75) is 132 Å². The topological polar surface area (TPSA) is 36.9 Å². The second-order valence-corrected chi connectivity index (χ2v) is 13.5. The molecule has 0 bridgehead atoms. The number of fused-ring (bicyclic) bond motifs is 1. The maximum atomic E-state index is 6.76. The van der Waals surface area contributed by atoms with Crippen LogP contribution in [0, 0.1) is 38.5 Å². The minimum absolute atomic E-state index is 0.0880. The van der Waals surface area contributed by atoms with Crippen molar-refractivity contribution in [1.29, 1.82) is 0 Å². The summed E-state index contributed by atoms with van der Waals surface area (Å²) < 4.78 is 23.5. The van der Waals surface area contributed by atoms with Gasteiger partial charge in [0.25, 0.3) is 0 Å². The Kier molecular flexibility index (Phi) is 13.0. The Hall–Kier alpha value is -0.830. The third-order valence-corrected chi connectivity index (χ3v) is 9.23. The molecule has 0 aromatic heterocycles. The number of hydrogen-bond acceptors (Lipinski definition) is 4. The van der Waals surface area contributed by atoms with Gasteiger partial charge in [0.1, 0.15) is 17.1 Å². The lowest BCUT2D eigenvalue weighted by Crippen LogP contribution is -2.37. The number of benzene rings is 1. The van der Waals surface area contributed by atoms with Crippen LogP contribution in [0.5, 0.6) is 11.5 Å². The van der Waals surface area contributed by atoms with Crippen molar-refractivity contribution in [3.8, 4) is 11.5 Å². The molecule has 0 saturated carbocycles. The lowest BCUT2D eigenvalue weighted by Gasteiger charge is -2.38. The van der Waals surface area contributed by atoms with Crippen molar-refractivity contribution in [3.63, 3.8) is 0 Å². The minimum atomic E-state index is -1.38. The summed E-state index contributed by atoms with van der Waals surface area (Å²) >= 11 is 0. The van der Waals surface area contributed by atoms with Gasteiger partial charge in [0, 0.05) is 19.8 Å². The maximum Gasteiger partial charge on any atom is 0.396 e. The molecule has 0 saturated heterocycles. The van der Waals surface area contributed by atoms with Gasteiger partial charge in [-0.1, -0.05) is 72.6 Å². The van der Waals surface area contributed by atoms with Crippen molar-refractivity contribution in [1.82, 2.24) is 0 Å². The van der Waals surface area contributed by atoms with Gasteiger partial charge in [0.2, 0.25) is 0 Å². The van der Waals surface area contributed by atoms with E-state index in [0.29, 0.717) is 0 Å². The molecule has 0 aliphatic carbocycles. The molecule has 2 rings (SSSR count). The van der Waals surface area contributed by atoms with Crippen LogP contribution in [0.4, 0.5) is 0 Å². The third kappa shape index (κ3) is 9.17. The highest BCUT2D eigenvalue weighted by Crippen LogP contribution is 2.48. The van der Waals surface area contributed by atoms with E-state index in [-0.39, 0.29) is 5.60 Å². The highest BCUT2D eigenvalue weighted by atomic mass is 31.2. The van der Waals surface area contributed by atoms with E-state index in [1.165, 1.54) is 62.5 Å². The molecule has 3 atom stereocenters. The quantitative estimate of drug-likeness (QED) is 0.202. The second-order valence-electron chi connectivity index (χ2n) is 12.1. The van der Waals surface area contributed by atoms with Gasteiger partial charge in [-0.05, 0) is 87.8 Å². The van der Waals surface area contributed by atoms with E-state index in [1.807, 2.05) is 0 Å². The molecule has 1 heterocycles. The van der Waals surface area contributed by atoms with Gasteiger partial charge in [-0.15, -0.1) is 0 Å². The predicted octanol–water partition coefficient (Wildman–Crippen LogP) is 10.0. The molecule has 36 heavy (non-hydrogen) atoms. The van der Waals surface area contributed by atoms with Gasteiger partial charge in [-0.25, -0.2) is 0 Å². The molecule has 5 heteroatoms. The van der Waals surface area contributed by atoms with Crippen LogP contribution >= 0.6 is 8.60 Å². The second kappa shape index (κ2) is 14.9. The van der Waals surface area contributed by atoms with Gasteiger partial charge >= 0.3 is 8.60 Å². The first-order valence-electron chi connectivity index (χ1n) is 14.4. The van der Waals surface area contributed by atoms with E-state index < -0.39 is 8.60 Å². The summed E-state index contributed by atoms with van der Waals surface area (Å²) in [5, 5.41) is 0. The zero-order valence-electron chi connectivity index (χ0n) is 25.1. The van der Waals surface area contributed by atoms with Crippen LogP contribution in [-0.4, -0.2) is 19.8 Å². The lowest BCUT2D eigenvalue weighted by molar-refractivity contribution is 0.0512. The van der Waals surface area contributed by atoms with Crippen LogP contribution < -0.4 is 9.26 Å². The van der Waals surface area contributed by atoms with Gasteiger partial charge < -0.3 is 18.3 Å². The molecule has 0 N–H and O–H groups in total. The number of hydrogen-bond donors (Lipinski definition) is 0. The summed E-state index contributed by atoms with van der Waals surface area (Å²) in [6.07, 6.45) is 14.0. The summed E-state index contributed by atoms with van der Waals surface area (Å²) in [4.78, 5) is 0. The van der Waals surface area contributed by atoms with E-state index in [0.717, 1.165) is 59.6 Å². The highest BCUT2D eigenvalue weighted by Gasteiger charge is 2.35. The first-order valence-corrected chi connectivity index (χ1v) is 15.5. The van der Waals surface area contributed by atoms with Crippen LogP contribution in [0.15, 0.2) is 0 Å². The number of ether oxygens (including phenoxy) is 1.